The lowest BCUT2D eigenvalue weighted by Gasteiger charge is -2.08. The van der Waals surface area contributed by atoms with Crippen LogP contribution in [0.25, 0.3) is 0 Å². The lowest BCUT2D eigenvalue weighted by molar-refractivity contribution is 0.0953. The molecule has 0 unspecified atom stereocenters. The average Bonchev–Trinajstić information content (AvgIpc) is 2.84. The first-order valence-corrected chi connectivity index (χ1v) is 14.3. The average molecular weight is 460 g/mol. The molecule has 3 nitrogen and oxygen atoms in total. The van der Waals surface area contributed by atoms with Crippen LogP contribution in [-0.4, -0.2) is 19.1 Å². The summed E-state index contributed by atoms with van der Waals surface area (Å²) in [4.78, 5) is 12.3. The number of hydrogen-bond acceptors (Lipinski definition) is 2. The van der Waals surface area contributed by atoms with Gasteiger partial charge in [0.2, 0.25) is 0 Å². The van der Waals surface area contributed by atoms with E-state index in [1.165, 1.54) is 109 Å². The van der Waals surface area contributed by atoms with E-state index in [4.69, 9.17) is 4.74 Å². The van der Waals surface area contributed by atoms with Gasteiger partial charge in [0.1, 0.15) is 5.75 Å². The van der Waals surface area contributed by atoms with E-state index in [2.05, 4.69) is 19.2 Å². The highest BCUT2D eigenvalue weighted by Crippen LogP contribution is 2.14. The molecule has 0 bridgehead atoms. The zero-order valence-corrected chi connectivity index (χ0v) is 22.0. The number of amides is 1. The molecule has 0 atom stereocenters. The van der Waals surface area contributed by atoms with Gasteiger partial charge in [-0.25, -0.2) is 0 Å². The van der Waals surface area contributed by atoms with Crippen LogP contribution in [-0.2, 0) is 0 Å². The second kappa shape index (κ2) is 22.3. The summed E-state index contributed by atoms with van der Waals surface area (Å²) in [5.41, 5.74) is 0.718. The van der Waals surface area contributed by atoms with Gasteiger partial charge >= 0.3 is 0 Å². The van der Waals surface area contributed by atoms with Crippen LogP contribution < -0.4 is 10.1 Å². The van der Waals surface area contributed by atoms with E-state index in [9.17, 15) is 4.79 Å². The van der Waals surface area contributed by atoms with Gasteiger partial charge in [0, 0.05) is 12.1 Å². The topological polar surface area (TPSA) is 38.3 Å². The first-order valence-electron chi connectivity index (χ1n) is 14.3. The highest BCUT2D eigenvalue weighted by Gasteiger charge is 2.05. The van der Waals surface area contributed by atoms with Crippen molar-refractivity contribution in [1.29, 1.82) is 0 Å². The standard InChI is InChI=1S/C30H53NO2/c1-3-5-7-9-10-11-12-13-14-15-16-17-18-20-26-31-30(32)28-22-24-29(25-23-28)33-27-21-19-8-6-4-2/h22-25H,3-21,26-27H2,1-2H3,(H,31,32). The molecule has 1 N–H and O–H groups in total. The molecule has 1 aromatic carbocycles. The van der Waals surface area contributed by atoms with Crippen molar-refractivity contribution in [3.05, 3.63) is 29.8 Å². The molecular formula is C30H53NO2. The van der Waals surface area contributed by atoms with Crippen LogP contribution in [0.5, 0.6) is 5.75 Å². The van der Waals surface area contributed by atoms with Crippen molar-refractivity contribution in [2.75, 3.05) is 13.2 Å². The fraction of sp³-hybridized carbons (Fsp3) is 0.767. The van der Waals surface area contributed by atoms with Gasteiger partial charge in [-0.2, -0.15) is 0 Å². The number of rotatable bonds is 23. The van der Waals surface area contributed by atoms with Crippen LogP contribution in [0.4, 0.5) is 0 Å². The minimum Gasteiger partial charge on any atom is -0.494 e. The molecule has 190 valence electrons. The quantitative estimate of drug-likeness (QED) is 0.166. The lowest BCUT2D eigenvalue weighted by Crippen LogP contribution is -2.24. The highest BCUT2D eigenvalue weighted by molar-refractivity contribution is 5.94. The fourth-order valence-corrected chi connectivity index (χ4v) is 4.22. The third-order valence-corrected chi connectivity index (χ3v) is 6.45. The molecule has 1 amide bonds. The summed E-state index contributed by atoms with van der Waals surface area (Å²) in [5, 5.41) is 3.05. The first kappa shape index (κ1) is 29.5. The molecule has 0 spiro atoms. The van der Waals surface area contributed by atoms with Crippen molar-refractivity contribution >= 4 is 5.91 Å². The van der Waals surface area contributed by atoms with E-state index in [-0.39, 0.29) is 5.91 Å². The Hall–Kier alpha value is -1.51. The van der Waals surface area contributed by atoms with Crippen LogP contribution in [0.15, 0.2) is 24.3 Å². The Labute approximate surface area is 205 Å². The van der Waals surface area contributed by atoms with Crippen molar-refractivity contribution in [2.45, 2.75) is 136 Å². The van der Waals surface area contributed by atoms with Gasteiger partial charge < -0.3 is 10.1 Å². The maximum Gasteiger partial charge on any atom is 0.251 e. The Balaban J connectivity index is 1.93. The molecule has 33 heavy (non-hydrogen) atoms. The van der Waals surface area contributed by atoms with E-state index in [0.29, 0.717) is 0 Å². The summed E-state index contributed by atoms with van der Waals surface area (Å²) in [7, 11) is 0. The summed E-state index contributed by atoms with van der Waals surface area (Å²) in [6.07, 6.45) is 25.2. The van der Waals surface area contributed by atoms with Gasteiger partial charge in [-0.15, -0.1) is 0 Å². The summed E-state index contributed by atoms with van der Waals surface area (Å²) in [5.74, 6) is 0.879. The molecule has 0 aromatic heterocycles. The van der Waals surface area contributed by atoms with Crippen LogP contribution in [0, 0.1) is 0 Å². The van der Waals surface area contributed by atoms with Gasteiger partial charge in [-0.1, -0.05) is 123 Å². The second-order valence-corrected chi connectivity index (χ2v) is 9.64. The van der Waals surface area contributed by atoms with Gasteiger partial charge in [0.05, 0.1) is 6.61 Å². The summed E-state index contributed by atoms with van der Waals surface area (Å²) < 4.78 is 5.78. The molecule has 0 aliphatic carbocycles. The van der Waals surface area contributed by atoms with E-state index in [1.807, 2.05) is 24.3 Å². The number of hydrogen-bond donors (Lipinski definition) is 1. The maximum absolute atomic E-state index is 12.3. The van der Waals surface area contributed by atoms with Gasteiger partial charge in [-0.05, 0) is 37.1 Å². The third-order valence-electron chi connectivity index (χ3n) is 6.45. The number of ether oxygens (including phenoxy) is 1. The number of carbonyl (C=O) groups is 1. The first-order chi connectivity index (χ1) is 16.3. The van der Waals surface area contributed by atoms with Crippen LogP contribution in [0.3, 0.4) is 0 Å². The number of benzene rings is 1. The third kappa shape index (κ3) is 17.6. The molecule has 0 aliphatic rings. The molecule has 1 aromatic rings. The Morgan fingerprint density at radius 1 is 0.606 bits per heavy atom. The Kier molecular flexibility index (Phi) is 19.9. The molecule has 0 saturated carbocycles. The molecule has 0 saturated heterocycles. The zero-order chi connectivity index (χ0) is 23.8. The van der Waals surface area contributed by atoms with E-state index >= 15 is 0 Å². The van der Waals surface area contributed by atoms with E-state index in [1.54, 1.807) is 0 Å². The van der Waals surface area contributed by atoms with Crippen molar-refractivity contribution in [3.63, 3.8) is 0 Å². The predicted octanol–water partition coefficient (Wildman–Crippen LogP) is 9.25. The number of unbranched alkanes of at least 4 members (excludes halogenated alkanes) is 17. The second-order valence-electron chi connectivity index (χ2n) is 9.64. The van der Waals surface area contributed by atoms with Gasteiger partial charge in [-0.3, -0.25) is 4.79 Å². The molecule has 1 rings (SSSR count). The fourth-order valence-electron chi connectivity index (χ4n) is 4.22. The molecular weight excluding hydrogens is 406 g/mol. The van der Waals surface area contributed by atoms with Gasteiger partial charge in [0.25, 0.3) is 5.91 Å². The summed E-state index contributed by atoms with van der Waals surface area (Å²) >= 11 is 0. The molecule has 0 heterocycles. The minimum atomic E-state index is 0.0239. The monoisotopic (exact) mass is 459 g/mol. The van der Waals surface area contributed by atoms with E-state index in [0.717, 1.165) is 37.3 Å². The Morgan fingerprint density at radius 3 is 1.52 bits per heavy atom. The number of carbonyl (C=O) groups excluding carboxylic acids is 1. The van der Waals surface area contributed by atoms with Crippen LogP contribution in [0.1, 0.15) is 146 Å². The van der Waals surface area contributed by atoms with Crippen molar-refractivity contribution in [2.24, 2.45) is 0 Å². The molecule has 3 heteroatoms. The smallest absolute Gasteiger partial charge is 0.251 e. The molecule has 0 fully saturated rings. The van der Waals surface area contributed by atoms with Crippen molar-refractivity contribution < 1.29 is 9.53 Å². The van der Waals surface area contributed by atoms with Crippen LogP contribution in [0.2, 0.25) is 0 Å². The lowest BCUT2D eigenvalue weighted by atomic mass is 10.0. The SMILES string of the molecule is CCCCCCCCCCCCCCCCNC(=O)c1ccc(OCCCCCCC)cc1. The normalized spacial score (nSPS) is 11.0. The minimum absolute atomic E-state index is 0.0239. The Bertz CT molecular complexity index is 555. The highest BCUT2D eigenvalue weighted by atomic mass is 16.5. The zero-order valence-electron chi connectivity index (χ0n) is 22.0. The number of nitrogens with one attached hydrogen (secondary N) is 1. The van der Waals surface area contributed by atoms with Gasteiger partial charge in [0.15, 0.2) is 0 Å². The van der Waals surface area contributed by atoms with Crippen molar-refractivity contribution in [3.8, 4) is 5.75 Å². The van der Waals surface area contributed by atoms with E-state index < -0.39 is 0 Å². The van der Waals surface area contributed by atoms with Crippen molar-refractivity contribution in [1.82, 2.24) is 5.32 Å². The predicted molar refractivity (Wildman–Crippen MR) is 143 cm³/mol. The molecule has 0 aliphatic heterocycles. The Morgan fingerprint density at radius 2 is 1.03 bits per heavy atom. The maximum atomic E-state index is 12.3. The molecule has 0 radical (unpaired) electrons. The summed E-state index contributed by atoms with van der Waals surface area (Å²) in [6.45, 7) is 6.04. The van der Waals surface area contributed by atoms with Crippen LogP contribution >= 0.6 is 0 Å². The summed E-state index contributed by atoms with van der Waals surface area (Å²) in [6, 6.07) is 7.56. The largest absolute Gasteiger partial charge is 0.494 e.